The summed E-state index contributed by atoms with van der Waals surface area (Å²) in [4.78, 5) is 29.0. The second kappa shape index (κ2) is 5.60. The molecule has 112 valence electrons. The summed E-state index contributed by atoms with van der Waals surface area (Å²) in [6.07, 6.45) is 2.50. The molecule has 2 heterocycles. The van der Waals surface area contributed by atoms with Gasteiger partial charge in [-0.05, 0) is 25.2 Å². The molecule has 0 radical (unpaired) electrons. The molecule has 6 heteroatoms. The van der Waals surface area contributed by atoms with E-state index in [0.29, 0.717) is 19.5 Å². The fourth-order valence-corrected chi connectivity index (χ4v) is 3.21. The molecular weight excluding hydrogens is 258 g/mol. The first-order valence-electron chi connectivity index (χ1n) is 7.62. The van der Waals surface area contributed by atoms with Crippen molar-refractivity contribution in [1.82, 2.24) is 14.7 Å². The molecule has 2 amide bonds. The number of hydrogen-bond acceptors (Lipinski definition) is 3. The lowest BCUT2D eigenvalue weighted by molar-refractivity contribution is -0.136. The van der Waals surface area contributed by atoms with E-state index in [1.165, 1.54) is 24.3 Å². The lowest BCUT2D eigenvalue weighted by Crippen LogP contribution is -2.51. The number of rotatable bonds is 3. The van der Waals surface area contributed by atoms with Crippen molar-refractivity contribution in [3.8, 4) is 0 Å². The van der Waals surface area contributed by atoms with Crippen LogP contribution in [0.1, 0.15) is 19.3 Å². The molecule has 3 fully saturated rings. The van der Waals surface area contributed by atoms with Gasteiger partial charge in [0.05, 0.1) is 5.92 Å². The highest BCUT2D eigenvalue weighted by Crippen LogP contribution is 2.30. The van der Waals surface area contributed by atoms with Crippen molar-refractivity contribution in [3.63, 3.8) is 0 Å². The van der Waals surface area contributed by atoms with Crippen molar-refractivity contribution in [2.24, 2.45) is 11.8 Å². The smallest absolute Gasteiger partial charge is 0.407 e. The summed E-state index contributed by atoms with van der Waals surface area (Å²) in [6, 6.07) is 0. The van der Waals surface area contributed by atoms with Gasteiger partial charge in [-0.1, -0.05) is 0 Å². The van der Waals surface area contributed by atoms with Gasteiger partial charge in [0, 0.05) is 45.8 Å². The summed E-state index contributed by atoms with van der Waals surface area (Å²) in [7, 11) is 0. The molecule has 0 bridgehead atoms. The van der Waals surface area contributed by atoms with E-state index in [1.807, 2.05) is 4.90 Å². The average Bonchev–Trinajstić information content (AvgIpc) is 3.11. The number of hydrogen-bond donors (Lipinski definition) is 1. The van der Waals surface area contributed by atoms with Crippen molar-refractivity contribution in [1.29, 1.82) is 0 Å². The van der Waals surface area contributed by atoms with E-state index in [9.17, 15) is 9.59 Å². The highest BCUT2D eigenvalue weighted by molar-refractivity contribution is 5.80. The topological polar surface area (TPSA) is 64.1 Å². The van der Waals surface area contributed by atoms with Gasteiger partial charge >= 0.3 is 6.09 Å². The third kappa shape index (κ3) is 3.06. The number of likely N-dealkylation sites (tertiary alicyclic amines) is 1. The minimum Gasteiger partial charge on any atom is -0.465 e. The lowest BCUT2D eigenvalue weighted by atomic mass is 10.1. The molecule has 0 unspecified atom stereocenters. The Hall–Kier alpha value is -1.30. The Kier molecular flexibility index (Phi) is 3.83. The van der Waals surface area contributed by atoms with E-state index >= 15 is 0 Å². The summed E-state index contributed by atoms with van der Waals surface area (Å²) in [5.41, 5.74) is 0. The van der Waals surface area contributed by atoms with Crippen LogP contribution in [0.4, 0.5) is 4.79 Å². The van der Waals surface area contributed by atoms with Crippen LogP contribution in [0, 0.1) is 11.8 Å². The molecule has 1 saturated carbocycles. The fourth-order valence-electron chi connectivity index (χ4n) is 3.21. The molecular formula is C14H23N3O3. The standard InChI is InChI=1S/C14H23N3O3/c18-13(12-3-4-17(10-12)14(19)20)16-7-5-15(6-8-16)9-11-1-2-11/h11-12H,1-10H2,(H,19,20)/t12-/m0/s1. The molecule has 0 aromatic carbocycles. The van der Waals surface area contributed by atoms with Gasteiger partial charge in [-0.3, -0.25) is 9.69 Å². The molecule has 1 atom stereocenters. The lowest BCUT2D eigenvalue weighted by Gasteiger charge is -2.36. The zero-order valence-corrected chi connectivity index (χ0v) is 11.8. The van der Waals surface area contributed by atoms with Crippen molar-refractivity contribution in [2.75, 3.05) is 45.8 Å². The number of carboxylic acid groups (broad SMARTS) is 1. The summed E-state index contributed by atoms with van der Waals surface area (Å²) in [5.74, 6) is 0.928. The van der Waals surface area contributed by atoms with Gasteiger partial charge in [0.2, 0.25) is 5.91 Å². The predicted molar refractivity (Wildman–Crippen MR) is 73.4 cm³/mol. The van der Waals surface area contributed by atoms with Crippen LogP contribution in [0.25, 0.3) is 0 Å². The highest BCUT2D eigenvalue weighted by atomic mass is 16.4. The SMILES string of the molecule is O=C(O)N1CC[C@H](C(=O)N2CCN(CC3CC3)CC2)C1. The Morgan fingerprint density at radius 1 is 0.950 bits per heavy atom. The number of nitrogens with zero attached hydrogens (tertiary/aromatic N) is 3. The first-order chi connectivity index (χ1) is 9.63. The van der Waals surface area contributed by atoms with E-state index in [4.69, 9.17) is 5.11 Å². The summed E-state index contributed by atoms with van der Waals surface area (Å²) < 4.78 is 0. The minimum atomic E-state index is -0.908. The van der Waals surface area contributed by atoms with Crippen molar-refractivity contribution >= 4 is 12.0 Å². The van der Waals surface area contributed by atoms with Crippen molar-refractivity contribution < 1.29 is 14.7 Å². The van der Waals surface area contributed by atoms with E-state index in [0.717, 1.165) is 32.1 Å². The summed E-state index contributed by atoms with van der Waals surface area (Å²) in [6.45, 7) is 5.60. The maximum atomic E-state index is 12.4. The van der Waals surface area contributed by atoms with E-state index in [1.54, 1.807) is 0 Å². The van der Waals surface area contributed by atoms with Gasteiger partial charge in [-0.15, -0.1) is 0 Å². The number of carbonyl (C=O) groups excluding carboxylic acids is 1. The van der Waals surface area contributed by atoms with Gasteiger partial charge in [0.25, 0.3) is 0 Å². The zero-order chi connectivity index (χ0) is 14.1. The third-order valence-electron chi connectivity index (χ3n) is 4.71. The van der Waals surface area contributed by atoms with Crippen LogP contribution in [0.15, 0.2) is 0 Å². The monoisotopic (exact) mass is 281 g/mol. The van der Waals surface area contributed by atoms with E-state index < -0.39 is 6.09 Å². The number of carbonyl (C=O) groups is 2. The molecule has 6 nitrogen and oxygen atoms in total. The Bertz CT molecular complexity index is 389. The molecule has 0 aromatic rings. The third-order valence-corrected chi connectivity index (χ3v) is 4.71. The van der Waals surface area contributed by atoms with Crippen LogP contribution in [0.3, 0.4) is 0 Å². The van der Waals surface area contributed by atoms with E-state index in [2.05, 4.69) is 4.90 Å². The molecule has 1 aliphatic carbocycles. The second-order valence-electron chi connectivity index (χ2n) is 6.28. The number of amides is 2. The maximum Gasteiger partial charge on any atom is 0.407 e. The van der Waals surface area contributed by atoms with Crippen LogP contribution < -0.4 is 0 Å². The molecule has 1 N–H and O–H groups in total. The first-order valence-corrected chi connectivity index (χ1v) is 7.62. The minimum absolute atomic E-state index is 0.124. The molecule has 3 rings (SSSR count). The summed E-state index contributed by atoms with van der Waals surface area (Å²) in [5, 5.41) is 8.94. The highest BCUT2D eigenvalue weighted by Gasteiger charge is 2.35. The Morgan fingerprint density at radius 3 is 2.20 bits per heavy atom. The molecule has 20 heavy (non-hydrogen) atoms. The Balaban J connectivity index is 1.45. The molecule has 0 aromatic heterocycles. The predicted octanol–water partition coefficient (Wildman–Crippen LogP) is 0.540. The molecule has 0 spiro atoms. The quantitative estimate of drug-likeness (QED) is 0.820. The number of piperazine rings is 1. The van der Waals surface area contributed by atoms with Gasteiger partial charge in [-0.2, -0.15) is 0 Å². The molecule has 2 aliphatic heterocycles. The van der Waals surface area contributed by atoms with Gasteiger partial charge in [0.15, 0.2) is 0 Å². The molecule has 3 aliphatic rings. The van der Waals surface area contributed by atoms with Gasteiger partial charge in [-0.25, -0.2) is 4.79 Å². The van der Waals surface area contributed by atoms with Crippen LogP contribution in [-0.2, 0) is 4.79 Å². The molecule has 2 saturated heterocycles. The van der Waals surface area contributed by atoms with E-state index in [-0.39, 0.29) is 11.8 Å². The van der Waals surface area contributed by atoms with Crippen LogP contribution >= 0.6 is 0 Å². The first kappa shape index (κ1) is 13.7. The fraction of sp³-hybridized carbons (Fsp3) is 0.857. The largest absolute Gasteiger partial charge is 0.465 e. The van der Waals surface area contributed by atoms with Crippen molar-refractivity contribution in [3.05, 3.63) is 0 Å². The van der Waals surface area contributed by atoms with Crippen molar-refractivity contribution in [2.45, 2.75) is 19.3 Å². The van der Waals surface area contributed by atoms with Crippen LogP contribution in [0.5, 0.6) is 0 Å². The maximum absolute atomic E-state index is 12.4. The normalized spacial score (nSPS) is 27.9. The average molecular weight is 281 g/mol. The van der Waals surface area contributed by atoms with Gasteiger partial charge < -0.3 is 14.9 Å². The Morgan fingerprint density at radius 2 is 1.65 bits per heavy atom. The summed E-state index contributed by atoms with van der Waals surface area (Å²) >= 11 is 0. The van der Waals surface area contributed by atoms with Crippen LogP contribution in [0.2, 0.25) is 0 Å². The second-order valence-corrected chi connectivity index (χ2v) is 6.28. The zero-order valence-electron chi connectivity index (χ0n) is 11.8. The van der Waals surface area contributed by atoms with Gasteiger partial charge in [0.1, 0.15) is 0 Å². The Labute approximate surface area is 119 Å². The van der Waals surface area contributed by atoms with Crippen LogP contribution in [-0.4, -0.2) is 77.6 Å².